The summed E-state index contributed by atoms with van der Waals surface area (Å²) < 4.78 is 1.69. The van der Waals surface area contributed by atoms with Crippen LogP contribution in [-0.4, -0.2) is 66.9 Å². The van der Waals surface area contributed by atoms with Crippen LogP contribution in [0.3, 0.4) is 0 Å². The number of amides is 4. The van der Waals surface area contributed by atoms with E-state index in [4.69, 9.17) is 74.6 Å². The van der Waals surface area contributed by atoms with Crippen LogP contribution < -0.4 is 54.7 Å². The average molecular weight is 784 g/mol. The Morgan fingerprint density at radius 2 is 1.02 bits per heavy atom. The molecule has 0 saturated carbocycles. The minimum Gasteiger partial charge on any atom is -0.370 e. The fourth-order valence-corrected chi connectivity index (χ4v) is 8.62. The van der Waals surface area contributed by atoms with Gasteiger partial charge in [0.2, 0.25) is 11.8 Å². The first kappa shape index (κ1) is 50.9. The maximum Gasteiger partial charge on any atom is 0.313 e. The second kappa shape index (κ2) is 30.4. The summed E-state index contributed by atoms with van der Waals surface area (Å²) in [6.45, 7) is 6.46. The monoisotopic (exact) mass is 783 g/mol. The lowest BCUT2D eigenvalue weighted by atomic mass is 10.1. The highest BCUT2D eigenvalue weighted by atomic mass is 32.5. The van der Waals surface area contributed by atoms with Gasteiger partial charge in [0.1, 0.15) is 12.3 Å². The molecule has 17 N–H and O–H groups in total. The molecule has 0 aliphatic carbocycles. The van der Waals surface area contributed by atoms with E-state index in [-0.39, 0.29) is 30.7 Å². The highest BCUT2D eigenvalue weighted by Gasteiger charge is 2.16. The largest absolute Gasteiger partial charge is 0.370 e. The zero-order valence-electron chi connectivity index (χ0n) is 28.6. The zero-order chi connectivity index (χ0) is 36.9. The predicted octanol–water partition coefficient (Wildman–Crippen LogP) is 2.42. The number of hydrogen-bond acceptors (Lipinski definition) is 7. The van der Waals surface area contributed by atoms with Gasteiger partial charge in [0.05, 0.1) is 19.3 Å². The number of nitrogens with one attached hydrogen (secondary N) is 3. The predicted molar refractivity (Wildman–Crippen MR) is 210 cm³/mol. The van der Waals surface area contributed by atoms with Crippen LogP contribution >= 0.6 is 19.2 Å². The first-order chi connectivity index (χ1) is 21.7. The van der Waals surface area contributed by atoms with E-state index < -0.39 is 25.2 Å². The van der Waals surface area contributed by atoms with E-state index in [1.807, 2.05) is 0 Å². The maximum absolute atomic E-state index is 11.5. The SMILES string of the molecule is CCCCN(CNC(N)=O)P(N)(N)=S.CCCCNP(N)(=S)CCCC(=O)CCCC(N)=O.CCCCNP(N)(=S)CCCC(N)=O. The van der Waals surface area contributed by atoms with Gasteiger partial charge in [0, 0.05) is 57.6 Å². The molecule has 0 heterocycles. The van der Waals surface area contributed by atoms with Crippen LogP contribution in [0.2, 0.25) is 0 Å². The summed E-state index contributed by atoms with van der Waals surface area (Å²) in [6.07, 6.45) is 7.42. The average Bonchev–Trinajstić information content (AvgIpc) is 2.92. The number of ketones is 1. The number of Topliss-reactive ketones (excluding diaryl/α,β-unsaturated/α-hetero) is 1. The van der Waals surface area contributed by atoms with Gasteiger partial charge in [-0.2, -0.15) is 0 Å². The Bertz CT molecular complexity index is 1030. The van der Waals surface area contributed by atoms with Crippen LogP contribution in [-0.2, 0) is 49.8 Å². The Labute approximate surface area is 298 Å². The number of carbonyl (C=O) groups is 4. The maximum atomic E-state index is 11.5. The smallest absolute Gasteiger partial charge is 0.313 e. The molecule has 0 rings (SSSR count). The summed E-state index contributed by atoms with van der Waals surface area (Å²) in [5.41, 5.74) is 38.2. The number of hydrogen-bond donors (Lipinski definition) is 10. The normalized spacial score (nSPS) is 13.6. The third kappa shape index (κ3) is 39.9. The van der Waals surface area contributed by atoms with E-state index in [2.05, 4.69) is 36.3 Å². The molecule has 47 heavy (non-hydrogen) atoms. The van der Waals surface area contributed by atoms with Gasteiger partial charge >= 0.3 is 6.03 Å². The summed E-state index contributed by atoms with van der Waals surface area (Å²) in [7, 11) is 0. The molecule has 0 fully saturated rings. The van der Waals surface area contributed by atoms with Gasteiger partial charge in [-0.05, 0) is 50.3 Å². The fourth-order valence-electron chi connectivity index (χ4n) is 3.49. The number of urea groups is 1. The van der Waals surface area contributed by atoms with Crippen LogP contribution in [0.4, 0.5) is 4.79 Å². The molecule has 0 aliphatic rings. The highest BCUT2D eigenvalue weighted by Crippen LogP contribution is 2.33. The molecule has 15 nitrogen and oxygen atoms in total. The lowest BCUT2D eigenvalue weighted by Crippen LogP contribution is -2.41. The fraction of sp³-hybridized carbons (Fsp3) is 0.846. The van der Waals surface area contributed by atoms with Crippen LogP contribution in [0.1, 0.15) is 104 Å². The second-order valence-electron chi connectivity index (χ2n) is 11.0. The standard InChI is InChI=1S/C12H26N3O2PS.C8H20N3OPS.C6H18N5OPS/c1-2-3-9-15-18(14,19)10-5-7-11(16)6-4-8-12(13)17;1-2-3-6-11-13(10,14)7-4-5-8(9)12;1-2-3-4-11(13(8,9)14)5-10-6(7)12/h2-10H2,1H3,(H2,13,17)(H3,14,15,19);2-7H2,1H3,(H2,9,12)(H3,10,11,14);2-5H2,1H3,(H3,7,10,12)(H4,8,9,14). The number of carbonyl (C=O) groups excluding carboxylic acids is 4. The van der Waals surface area contributed by atoms with Crippen molar-refractivity contribution in [3.63, 3.8) is 0 Å². The molecule has 280 valence electrons. The van der Waals surface area contributed by atoms with Crippen molar-refractivity contribution in [3.8, 4) is 0 Å². The molecule has 4 amide bonds. The van der Waals surface area contributed by atoms with E-state index in [0.29, 0.717) is 51.0 Å². The lowest BCUT2D eigenvalue weighted by Gasteiger charge is -2.28. The highest BCUT2D eigenvalue weighted by molar-refractivity contribution is 8.13. The quantitative estimate of drug-likeness (QED) is 0.0343. The van der Waals surface area contributed by atoms with E-state index in [1.54, 1.807) is 4.67 Å². The van der Waals surface area contributed by atoms with Gasteiger partial charge in [0.15, 0.2) is 0 Å². The van der Waals surface area contributed by atoms with Gasteiger partial charge in [-0.15, -0.1) is 0 Å². The van der Waals surface area contributed by atoms with Gasteiger partial charge in [-0.25, -0.2) is 9.46 Å². The number of unbranched alkanes of at least 4 members (excludes halogenated alkanes) is 3. The number of nitrogens with zero attached hydrogens (tertiary/aromatic N) is 1. The number of rotatable bonds is 26. The molecule has 0 aromatic carbocycles. The minimum atomic E-state index is -2.47. The van der Waals surface area contributed by atoms with Gasteiger partial charge in [-0.1, -0.05) is 63.6 Å². The Morgan fingerprint density at radius 1 is 0.617 bits per heavy atom. The third-order valence-electron chi connectivity index (χ3n) is 6.21. The van der Waals surface area contributed by atoms with E-state index in [0.717, 1.165) is 58.0 Å². The molecule has 0 aliphatic heterocycles. The molecular weight excluding hydrogens is 719 g/mol. The molecule has 0 saturated heterocycles. The summed E-state index contributed by atoms with van der Waals surface area (Å²) in [4.78, 5) is 43.0. The van der Waals surface area contributed by atoms with Crippen molar-refractivity contribution >= 4 is 78.2 Å². The van der Waals surface area contributed by atoms with E-state index in [1.165, 1.54) is 0 Å². The van der Waals surface area contributed by atoms with Gasteiger partial charge in [-0.3, -0.25) is 46.6 Å². The van der Waals surface area contributed by atoms with Crippen LogP contribution in [0.5, 0.6) is 0 Å². The first-order valence-corrected chi connectivity index (χ1v) is 25.0. The Kier molecular flexibility index (Phi) is 32.9. The van der Waals surface area contributed by atoms with Gasteiger partial charge < -0.3 is 22.5 Å². The summed E-state index contributed by atoms with van der Waals surface area (Å²) in [6, 6.07) is -0.602. The van der Waals surface area contributed by atoms with E-state index in [9.17, 15) is 19.2 Å². The van der Waals surface area contributed by atoms with Crippen LogP contribution in [0.15, 0.2) is 0 Å². The zero-order valence-corrected chi connectivity index (χ0v) is 33.8. The summed E-state index contributed by atoms with van der Waals surface area (Å²) in [5.74, 6) is -0.483. The second-order valence-corrected chi connectivity index (χ2v) is 23.3. The Balaban J connectivity index is -0.000000630. The molecule has 2 atom stereocenters. The molecule has 0 radical (unpaired) electrons. The Hall–Kier alpha value is -0.450. The molecule has 0 aromatic heterocycles. The van der Waals surface area contributed by atoms with Crippen LogP contribution in [0.25, 0.3) is 0 Å². The van der Waals surface area contributed by atoms with Gasteiger partial charge in [0.25, 0.3) is 0 Å². The van der Waals surface area contributed by atoms with Crippen molar-refractivity contribution < 1.29 is 19.2 Å². The first-order valence-electron chi connectivity index (χ1n) is 16.0. The van der Waals surface area contributed by atoms with Crippen molar-refractivity contribution in [1.29, 1.82) is 0 Å². The molecule has 21 heteroatoms. The van der Waals surface area contributed by atoms with Crippen molar-refractivity contribution in [1.82, 2.24) is 20.2 Å². The topological polar surface area (TPSA) is 290 Å². The van der Waals surface area contributed by atoms with Crippen molar-refractivity contribution in [3.05, 3.63) is 0 Å². The van der Waals surface area contributed by atoms with Crippen LogP contribution in [0, 0.1) is 0 Å². The van der Waals surface area contributed by atoms with Crippen molar-refractivity contribution in [2.45, 2.75) is 104 Å². The van der Waals surface area contributed by atoms with E-state index >= 15 is 0 Å². The summed E-state index contributed by atoms with van der Waals surface area (Å²) in [5, 5.41) is 8.84. The summed E-state index contributed by atoms with van der Waals surface area (Å²) >= 11 is 15.5. The minimum absolute atomic E-state index is 0.157. The molecule has 0 spiro atoms. The lowest BCUT2D eigenvalue weighted by molar-refractivity contribution is -0.120. The number of primary amides is 3. The van der Waals surface area contributed by atoms with Crippen molar-refractivity contribution in [2.24, 2.45) is 39.2 Å². The molecule has 2 unspecified atom stereocenters. The molecule has 0 bridgehead atoms. The number of nitrogens with two attached hydrogens (primary N) is 7. The Morgan fingerprint density at radius 3 is 1.40 bits per heavy atom. The molecule has 0 aromatic rings. The van der Waals surface area contributed by atoms with Crippen molar-refractivity contribution in [2.75, 3.05) is 38.6 Å². The molecular formula is C26H64N11O4P3S3. The third-order valence-corrected chi connectivity index (χ3v) is 13.5.